The zero-order valence-electron chi connectivity index (χ0n) is 12.5. The molecule has 2 N–H and O–H groups in total. The standard InChI is InChI=1S/C15H15F3N4O/c1-8(2)7-19-15(23)11-5-6-12(22-21-11)20-10-4-3-9(16)13(17)14(10)18/h3-6,8H,7H2,1-2H3,(H,19,23)(H,20,22). The molecule has 0 bridgehead atoms. The first-order chi connectivity index (χ1) is 10.9. The smallest absolute Gasteiger partial charge is 0.271 e. The first-order valence-electron chi connectivity index (χ1n) is 6.91. The summed E-state index contributed by atoms with van der Waals surface area (Å²) in [4.78, 5) is 11.8. The second-order valence-corrected chi connectivity index (χ2v) is 5.26. The number of nitrogens with one attached hydrogen (secondary N) is 2. The molecule has 1 heterocycles. The van der Waals surface area contributed by atoms with Gasteiger partial charge in [0.15, 0.2) is 29.0 Å². The lowest BCUT2D eigenvalue weighted by atomic mass is 10.2. The predicted octanol–water partition coefficient (Wildman–Crippen LogP) is 3.02. The number of anilines is 2. The van der Waals surface area contributed by atoms with Gasteiger partial charge in [-0.15, -0.1) is 10.2 Å². The van der Waals surface area contributed by atoms with Gasteiger partial charge in [0.1, 0.15) is 0 Å². The number of carbonyl (C=O) groups is 1. The summed E-state index contributed by atoms with van der Waals surface area (Å²) in [6, 6.07) is 4.61. The molecule has 5 nitrogen and oxygen atoms in total. The highest BCUT2D eigenvalue weighted by atomic mass is 19.2. The fourth-order valence-electron chi connectivity index (χ4n) is 1.67. The molecular weight excluding hydrogens is 309 g/mol. The van der Waals surface area contributed by atoms with E-state index in [4.69, 9.17) is 0 Å². The van der Waals surface area contributed by atoms with Crippen LogP contribution in [-0.2, 0) is 0 Å². The van der Waals surface area contributed by atoms with Crippen LogP contribution in [0.3, 0.4) is 0 Å². The summed E-state index contributed by atoms with van der Waals surface area (Å²) < 4.78 is 39.5. The van der Waals surface area contributed by atoms with Crippen molar-refractivity contribution in [3.8, 4) is 0 Å². The fraction of sp³-hybridized carbons (Fsp3) is 0.267. The van der Waals surface area contributed by atoms with Gasteiger partial charge in [-0.2, -0.15) is 0 Å². The van der Waals surface area contributed by atoms with Crippen molar-refractivity contribution in [3.05, 3.63) is 47.4 Å². The maximum atomic E-state index is 13.5. The Bertz CT molecular complexity index is 705. The number of carbonyl (C=O) groups excluding carboxylic acids is 1. The third kappa shape index (κ3) is 4.18. The molecule has 2 rings (SSSR count). The Labute approximate surface area is 130 Å². The second kappa shape index (κ2) is 7.08. The summed E-state index contributed by atoms with van der Waals surface area (Å²) in [6.45, 7) is 4.41. The fourth-order valence-corrected chi connectivity index (χ4v) is 1.67. The van der Waals surface area contributed by atoms with Crippen molar-refractivity contribution in [1.82, 2.24) is 15.5 Å². The van der Waals surface area contributed by atoms with Gasteiger partial charge in [-0.3, -0.25) is 4.79 Å². The lowest BCUT2D eigenvalue weighted by molar-refractivity contribution is 0.0943. The molecule has 0 atom stereocenters. The van der Waals surface area contributed by atoms with E-state index in [0.29, 0.717) is 12.5 Å². The minimum absolute atomic E-state index is 0.0929. The normalized spacial score (nSPS) is 10.7. The van der Waals surface area contributed by atoms with Gasteiger partial charge < -0.3 is 10.6 Å². The van der Waals surface area contributed by atoms with E-state index in [0.717, 1.165) is 12.1 Å². The van der Waals surface area contributed by atoms with Crippen molar-refractivity contribution in [2.75, 3.05) is 11.9 Å². The van der Waals surface area contributed by atoms with Crippen LogP contribution in [0.2, 0.25) is 0 Å². The first kappa shape index (κ1) is 16.7. The quantitative estimate of drug-likeness (QED) is 0.830. The lowest BCUT2D eigenvalue weighted by Crippen LogP contribution is -2.28. The van der Waals surface area contributed by atoms with Gasteiger partial charge in [0.25, 0.3) is 5.91 Å². The highest BCUT2D eigenvalue weighted by Gasteiger charge is 2.14. The van der Waals surface area contributed by atoms with Crippen molar-refractivity contribution in [1.29, 1.82) is 0 Å². The van der Waals surface area contributed by atoms with E-state index in [9.17, 15) is 18.0 Å². The monoisotopic (exact) mass is 324 g/mol. The van der Waals surface area contributed by atoms with Crippen molar-refractivity contribution < 1.29 is 18.0 Å². The number of hydrogen-bond donors (Lipinski definition) is 2. The Kier molecular flexibility index (Phi) is 5.15. The van der Waals surface area contributed by atoms with Gasteiger partial charge in [0.05, 0.1) is 5.69 Å². The molecule has 1 amide bonds. The lowest BCUT2D eigenvalue weighted by Gasteiger charge is -2.08. The van der Waals surface area contributed by atoms with Crippen molar-refractivity contribution in [2.45, 2.75) is 13.8 Å². The van der Waals surface area contributed by atoms with E-state index in [1.807, 2.05) is 13.8 Å². The summed E-state index contributed by atoms with van der Waals surface area (Å²) in [5.41, 5.74) is -0.183. The number of aromatic nitrogens is 2. The molecule has 0 radical (unpaired) electrons. The van der Waals surface area contributed by atoms with Crippen LogP contribution in [0.25, 0.3) is 0 Å². The van der Waals surface area contributed by atoms with E-state index in [1.54, 1.807) is 0 Å². The third-order valence-electron chi connectivity index (χ3n) is 2.87. The molecule has 0 spiro atoms. The van der Waals surface area contributed by atoms with Gasteiger partial charge in [0.2, 0.25) is 0 Å². The highest BCUT2D eigenvalue weighted by Crippen LogP contribution is 2.22. The summed E-state index contributed by atoms with van der Waals surface area (Å²) in [6.07, 6.45) is 0. The Balaban J connectivity index is 2.09. The number of rotatable bonds is 5. The zero-order chi connectivity index (χ0) is 17.0. The first-order valence-corrected chi connectivity index (χ1v) is 6.91. The van der Waals surface area contributed by atoms with Crippen molar-refractivity contribution in [2.24, 2.45) is 5.92 Å². The summed E-state index contributed by atoms with van der Waals surface area (Å²) in [5.74, 6) is -4.20. The van der Waals surface area contributed by atoms with Crippen LogP contribution < -0.4 is 10.6 Å². The molecule has 1 aromatic carbocycles. The number of hydrogen-bond acceptors (Lipinski definition) is 4. The largest absolute Gasteiger partial charge is 0.350 e. The molecule has 0 saturated carbocycles. The van der Waals surface area contributed by atoms with E-state index in [1.165, 1.54) is 12.1 Å². The van der Waals surface area contributed by atoms with E-state index in [2.05, 4.69) is 20.8 Å². The van der Waals surface area contributed by atoms with Crippen LogP contribution in [0.5, 0.6) is 0 Å². The Morgan fingerprint density at radius 2 is 1.83 bits per heavy atom. The number of halogens is 3. The van der Waals surface area contributed by atoms with Gasteiger partial charge >= 0.3 is 0 Å². The third-order valence-corrected chi connectivity index (χ3v) is 2.87. The van der Waals surface area contributed by atoms with Crippen LogP contribution in [0.1, 0.15) is 24.3 Å². The number of nitrogens with zero attached hydrogens (tertiary/aromatic N) is 2. The topological polar surface area (TPSA) is 66.9 Å². The van der Waals surface area contributed by atoms with Crippen LogP contribution in [0.15, 0.2) is 24.3 Å². The van der Waals surface area contributed by atoms with Gasteiger partial charge in [0, 0.05) is 6.54 Å². The van der Waals surface area contributed by atoms with E-state index in [-0.39, 0.29) is 23.1 Å². The minimum atomic E-state index is -1.58. The van der Waals surface area contributed by atoms with Gasteiger partial charge in [-0.05, 0) is 30.2 Å². The Morgan fingerprint density at radius 1 is 1.09 bits per heavy atom. The maximum absolute atomic E-state index is 13.5. The summed E-state index contributed by atoms with van der Waals surface area (Å²) in [7, 11) is 0. The van der Waals surface area contributed by atoms with Crippen molar-refractivity contribution in [3.63, 3.8) is 0 Å². The predicted molar refractivity (Wildman–Crippen MR) is 78.8 cm³/mol. The van der Waals surface area contributed by atoms with Gasteiger partial charge in [-0.25, -0.2) is 13.2 Å². The molecule has 0 aliphatic carbocycles. The van der Waals surface area contributed by atoms with Crippen LogP contribution in [0.4, 0.5) is 24.7 Å². The maximum Gasteiger partial charge on any atom is 0.271 e. The second-order valence-electron chi connectivity index (χ2n) is 5.26. The number of benzene rings is 1. The average Bonchev–Trinajstić information content (AvgIpc) is 2.54. The van der Waals surface area contributed by atoms with Crippen LogP contribution >= 0.6 is 0 Å². The van der Waals surface area contributed by atoms with Crippen LogP contribution in [-0.4, -0.2) is 22.6 Å². The molecule has 0 unspecified atom stereocenters. The highest BCUT2D eigenvalue weighted by molar-refractivity contribution is 5.92. The molecule has 23 heavy (non-hydrogen) atoms. The molecule has 122 valence electrons. The molecule has 0 aliphatic heterocycles. The van der Waals surface area contributed by atoms with E-state index >= 15 is 0 Å². The van der Waals surface area contributed by atoms with Crippen LogP contribution in [0, 0.1) is 23.4 Å². The van der Waals surface area contributed by atoms with Crippen molar-refractivity contribution >= 4 is 17.4 Å². The average molecular weight is 324 g/mol. The summed E-state index contributed by atoms with van der Waals surface area (Å²) in [5, 5.41) is 12.6. The Hall–Kier alpha value is -2.64. The molecule has 0 saturated heterocycles. The summed E-state index contributed by atoms with van der Waals surface area (Å²) >= 11 is 0. The minimum Gasteiger partial charge on any atom is -0.350 e. The molecule has 0 fully saturated rings. The van der Waals surface area contributed by atoms with Gasteiger partial charge in [-0.1, -0.05) is 13.8 Å². The zero-order valence-corrected chi connectivity index (χ0v) is 12.5. The molecule has 2 aromatic rings. The SMILES string of the molecule is CC(C)CNC(=O)c1ccc(Nc2ccc(F)c(F)c2F)nn1. The molecule has 1 aromatic heterocycles. The molecular formula is C15H15F3N4O. The Morgan fingerprint density at radius 3 is 2.43 bits per heavy atom. The van der Waals surface area contributed by atoms with E-state index < -0.39 is 17.5 Å². The number of amides is 1. The molecule has 0 aliphatic rings. The molecule has 8 heteroatoms.